The predicted molar refractivity (Wildman–Crippen MR) is 372 cm³/mol. The Morgan fingerprint density at radius 2 is 1.17 bits per heavy atom. The molecule has 24 N–H and O–H groups in total. The minimum Gasteiger partial charge on any atom is -0.475 e. The van der Waals surface area contributed by atoms with Gasteiger partial charge in [0, 0.05) is 11.0 Å². The number of primary amides is 1. The van der Waals surface area contributed by atoms with Gasteiger partial charge < -0.3 is 111 Å². The maximum Gasteiger partial charge on any atom is 0.490 e. The van der Waals surface area contributed by atoms with E-state index in [0.717, 1.165) is 6.92 Å². The number of carboxylic acid groups (broad SMARTS) is 2. The fourth-order valence-electron chi connectivity index (χ4n) is 9.65. The van der Waals surface area contributed by atoms with Crippen LogP contribution in [0.3, 0.4) is 0 Å². The second kappa shape index (κ2) is 45.7. The van der Waals surface area contributed by atoms with Gasteiger partial charge in [-0.2, -0.15) is 26.3 Å². The molecule has 0 aliphatic carbocycles. The Balaban J connectivity index is 0.00000377. The maximum absolute atomic E-state index is 15.4. The Morgan fingerprint density at radius 1 is 0.648 bits per heavy atom. The first-order chi connectivity index (χ1) is 50.0. The smallest absolute Gasteiger partial charge is 0.475 e. The second-order valence-corrected chi connectivity index (χ2v) is 26.8. The van der Waals surface area contributed by atoms with E-state index in [1.54, 1.807) is 65.8 Å². The molecule has 2 aromatic rings. The molecular formula is C65H96BrF6N15O21. The summed E-state index contributed by atoms with van der Waals surface area (Å²) < 4.78 is 70.1. The summed E-state index contributed by atoms with van der Waals surface area (Å²) in [7, 11) is 0. The van der Waals surface area contributed by atoms with Crippen LogP contribution in [0.4, 0.5) is 26.3 Å². The number of carboxylic acids is 2. The zero-order valence-corrected chi connectivity index (χ0v) is 61.7. The zero-order valence-electron chi connectivity index (χ0n) is 60.2. The Morgan fingerprint density at radius 3 is 1.66 bits per heavy atom. The minimum absolute atomic E-state index is 0.00968. The summed E-state index contributed by atoms with van der Waals surface area (Å²) in [6.45, 7) is 11.7. The summed E-state index contributed by atoms with van der Waals surface area (Å²) in [5.74, 6) is -22.9. The summed E-state index contributed by atoms with van der Waals surface area (Å²) in [5, 5.41) is 82.5. The molecule has 606 valence electrons. The second-order valence-electron chi connectivity index (χ2n) is 25.9. The third kappa shape index (κ3) is 33.9. The van der Waals surface area contributed by atoms with Crippen LogP contribution in [0, 0.1) is 23.7 Å². The molecule has 1 fully saturated rings. The Bertz CT molecular complexity index is 3410. The Kier molecular flexibility index (Phi) is 40.7. The highest BCUT2D eigenvalue weighted by molar-refractivity contribution is 9.10. The number of nitrogens with zero attached hydrogens (tertiary/aromatic N) is 1. The molecule has 15 atom stereocenters. The van der Waals surface area contributed by atoms with Gasteiger partial charge in [-0.25, -0.2) is 14.4 Å². The lowest BCUT2D eigenvalue weighted by atomic mass is 9.95. The molecular weight excluding hydrogens is 1520 g/mol. The number of guanidine groups is 1. The molecule has 0 aromatic heterocycles. The molecule has 108 heavy (non-hydrogen) atoms. The summed E-state index contributed by atoms with van der Waals surface area (Å²) in [6, 6.07) is -4.08. The number of halogens is 7. The monoisotopic (exact) mass is 1620 g/mol. The van der Waals surface area contributed by atoms with Gasteiger partial charge in [0.05, 0.1) is 31.4 Å². The number of aliphatic hydroxyl groups is 4. The average molecular weight is 1620 g/mol. The highest BCUT2D eigenvalue weighted by atomic mass is 79.9. The number of rotatable bonds is 23. The van der Waals surface area contributed by atoms with Crippen molar-refractivity contribution >= 4 is 105 Å². The number of amides is 11. The van der Waals surface area contributed by atoms with Gasteiger partial charge in [0.2, 0.25) is 65.0 Å². The number of esters is 1. The summed E-state index contributed by atoms with van der Waals surface area (Å²) in [5.41, 5.74) is 23.4. The highest BCUT2D eigenvalue weighted by Crippen LogP contribution is 2.25. The SMILES string of the molecule is CC[C@H](C)C1NC(=O)[C@@H](CCCN=C(N)N)NC(=O)[C@H](CC(C)C)NC(=O)[C@H]([C@H](O)C(C)C)NC(=O)[C@@H](NC(=O)[C@H](CC(C)C)NC(=O)[C@H](N)Cc2cccc(Br)c2)[C@@H](c2ccccc2)OC(=O)[C@H](CO)NC(=O)[C@H]([C@H](O)C(N)=O)NC(=O)CNC(=O)C([C@H](C)O)NC1=O.O=C(O)C(F)(F)F.O=C(O)C(F)(F)F. The van der Waals surface area contributed by atoms with Crippen LogP contribution in [-0.4, -0.2) is 230 Å². The molecule has 43 heteroatoms. The number of aliphatic hydroxyl groups excluding tert-OH is 4. The van der Waals surface area contributed by atoms with Gasteiger partial charge in [0.1, 0.15) is 48.3 Å². The number of carbonyl (C=O) groups is 14. The quantitative estimate of drug-likeness (QED) is 0.0171. The normalized spacial score (nSPS) is 22.4. The largest absolute Gasteiger partial charge is 0.490 e. The van der Waals surface area contributed by atoms with Gasteiger partial charge >= 0.3 is 30.3 Å². The van der Waals surface area contributed by atoms with Gasteiger partial charge in [-0.1, -0.05) is 120 Å². The number of hydrogen-bond acceptors (Lipinski definition) is 21. The van der Waals surface area contributed by atoms with Crippen molar-refractivity contribution in [3.63, 3.8) is 0 Å². The molecule has 1 heterocycles. The van der Waals surface area contributed by atoms with E-state index in [0.29, 0.717) is 10.0 Å². The number of aliphatic carboxylic acids is 2. The number of aliphatic imine (C=N–C) groups is 1. The van der Waals surface area contributed by atoms with Crippen LogP contribution >= 0.6 is 15.9 Å². The number of benzene rings is 2. The van der Waals surface area contributed by atoms with Crippen LogP contribution in [0.15, 0.2) is 64.1 Å². The molecule has 0 radical (unpaired) electrons. The van der Waals surface area contributed by atoms with E-state index in [-0.39, 0.29) is 62.5 Å². The lowest BCUT2D eigenvalue weighted by molar-refractivity contribution is -0.193. The van der Waals surface area contributed by atoms with Gasteiger partial charge in [-0.15, -0.1) is 0 Å². The third-order valence-electron chi connectivity index (χ3n) is 15.6. The fraction of sp³-hybridized carbons (Fsp3) is 0.585. The molecule has 11 amide bonds. The van der Waals surface area contributed by atoms with E-state index in [2.05, 4.69) is 63.5 Å². The molecule has 0 spiro atoms. The first kappa shape index (κ1) is 96.2. The van der Waals surface area contributed by atoms with Crippen molar-refractivity contribution in [1.29, 1.82) is 0 Å². The minimum atomic E-state index is -5.08. The van der Waals surface area contributed by atoms with Gasteiger partial charge in [-0.05, 0) is 86.0 Å². The van der Waals surface area contributed by atoms with Crippen molar-refractivity contribution in [2.45, 2.75) is 198 Å². The fourth-order valence-corrected chi connectivity index (χ4v) is 10.1. The lowest BCUT2D eigenvalue weighted by Gasteiger charge is -2.33. The first-order valence-electron chi connectivity index (χ1n) is 33.3. The van der Waals surface area contributed by atoms with Crippen molar-refractivity contribution in [2.75, 3.05) is 19.7 Å². The summed E-state index contributed by atoms with van der Waals surface area (Å²) in [6.07, 6.45) is -18.5. The number of nitrogens with one attached hydrogen (secondary N) is 10. The van der Waals surface area contributed by atoms with Crippen LogP contribution < -0.4 is 76.1 Å². The zero-order chi connectivity index (χ0) is 83.0. The molecule has 2 aromatic carbocycles. The summed E-state index contributed by atoms with van der Waals surface area (Å²) in [4.78, 5) is 193. The van der Waals surface area contributed by atoms with Crippen molar-refractivity contribution in [2.24, 2.45) is 51.6 Å². The van der Waals surface area contributed by atoms with E-state index in [9.17, 15) is 99.5 Å². The Hall–Kier alpha value is -9.85. The van der Waals surface area contributed by atoms with Crippen LogP contribution in [-0.2, 0) is 78.3 Å². The molecule has 1 saturated heterocycles. The van der Waals surface area contributed by atoms with Crippen molar-refractivity contribution in [1.82, 2.24) is 53.2 Å². The third-order valence-corrected chi connectivity index (χ3v) is 16.0. The van der Waals surface area contributed by atoms with E-state index < -0.39 is 211 Å². The molecule has 3 rings (SSSR count). The predicted octanol–water partition coefficient (Wildman–Crippen LogP) is -3.21. The number of carbonyl (C=O) groups excluding carboxylic acids is 12. The van der Waals surface area contributed by atoms with Gasteiger partial charge in [-0.3, -0.25) is 57.7 Å². The van der Waals surface area contributed by atoms with Crippen molar-refractivity contribution in [3.8, 4) is 0 Å². The number of cyclic esters (lactones) is 1. The topological polar surface area (TPSA) is 606 Å². The number of alkyl halides is 6. The Labute approximate surface area is 624 Å². The van der Waals surface area contributed by atoms with Crippen molar-refractivity contribution < 1.29 is 129 Å². The molecule has 1 aliphatic heterocycles. The van der Waals surface area contributed by atoms with Gasteiger partial charge in [0.15, 0.2) is 24.2 Å². The van der Waals surface area contributed by atoms with Crippen molar-refractivity contribution in [3.05, 3.63) is 70.2 Å². The average Bonchev–Trinajstić information content (AvgIpc) is 0.810. The maximum atomic E-state index is 15.4. The molecule has 2 unspecified atom stereocenters. The van der Waals surface area contributed by atoms with E-state index in [1.165, 1.54) is 44.2 Å². The number of ether oxygens (including phenoxy) is 1. The number of nitrogens with two attached hydrogens (primary N) is 4. The number of hydrogen-bond donors (Lipinski definition) is 20. The molecule has 0 bridgehead atoms. The summed E-state index contributed by atoms with van der Waals surface area (Å²) >= 11 is 3.39. The van der Waals surface area contributed by atoms with Crippen LogP contribution in [0.5, 0.6) is 0 Å². The lowest BCUT2D eigenvalue weighted by Crippen LogP contribution is -2.64. The van der Waals surface area contributed by atoms with E-state index in [1.807, 2.05) is 10.6 Å². The van der Waals surface area contributed by atoms with Crippen LogP contribution in [0.1, 0.15) is 112 Å². The standard InChI is InChI=1S/C61H94BrN15O17.2C2HF3O2/c1-10-31(8)42-56(89)75-43(32(9)79)55(88)68-26-41(80)73-45(48(82)50(64)83)58(91)72-40(27-78)60(93)94-49(34-17-12-11-13-18-34)46(77-54(87)39(23-29(4)5)70-51(84)36(63)25-33-16-14-19-35(62)24-33)59(92)76-44(47(81)30(6)7)57(90)71-38(22-28(2)3)53(86)69-37(52(85)74-42)20-15-21-67-61(65)66;2*3-2(4,5)1(6)7/h11-14,16-19,24,28-32,36-40,42-49,78-79,81-82H,10,15,20-23,25-27,63H2,1-9H3,(H2,64,83)(H,68,88)(H,69,86)(H,70,84)(H,71,90)(H,72,91)(H,73,80)(H,74,85)(H,75,89)(H,76,92)(H,77,87)(H4,65,66,67);2*(H,6,7)/t31-,32-,36+,37+,38-,39-,40-,42?,43?,44-,45-,46-,47+,48-,49+;;/m0../s1. The molecule has 36 nitrogen and oxygen atoms in total. The highest BCUT2D eigenvalue weighted by Gasteiger charge is 2.45. The van der Waals surface area contributed by atoms with E-state index in [4.69, 9.17) is 47.5 Å². The van der Waals surface area contributed by atoms with Crippen LogP contribution in [0.25, 0.3) is 0 Å². The molecule has 1 aliphatic rings. The first-order valence-corrected chi connectivity index (χ1v) is 34.1. The van der Waals surface area contributed by atoms with Crippen LogP contribution in [0.2, 0.25) is 0 Å². The van der Waals surface area contributed by atoms with E-state index >= 15 is 4.79 Å². The molecule has 0 saturated carbocycles. The van der Waals surface area contributed by atoms with Gasteiger partial charge in [0.25, 0.3) is 0 Å².